The Morgan fingerprint density at radius 1 is 1.40 bits per heavy atom. The molecule has 4 bridgehead atoms. The molecule has 3 atom stereocenters. The van der Waals surface area contributed by atoms with Crippen LogP contribution in [0, 0.1) is 23.2 Å². The Bertz CT molecular complexity index is 180. The first-order valence-electron chi connectivity index (χ1n) is 4.17. The van der Waals surface area contributed by atoms with E-state index in [1.54, 1.807) is 0 Å². The minimum atomic E-state index is 0.227. The van der Waals surface area contributed by atoms with Gasteiger partial charge in [-0.25, -0.2) is 0 Å². The van der Waals surface area contributed by atoms with Gasteiger partial charge >= 0.3 is 0 Å². The zero-order chi connectivity index (χ0) is 6.93. The SMILES string of the molecule is NC1C2CC3C(C2)C13CO. The molecular formula is C8H13NO. The summed E-state index contributed by atoms with van der Waals surface area (Å²) >= 11 is 0. The maximum absolute atomic E-state index is 9.15. The molecule has 4 fully saturated rings. The molecule has 2 nitrogen and oxygen atoms in total. The quantitative estimate of drug-likeness (QED) is 0.535. The lowest BCUT2D eigenvalue weighted by Crippen LogP contribution is -2.33. The van der Waals surface area contributed by atoms with Gasteiger partial charge in [0.25, 0.3) is 0 Å². The molecule has 0 aromatic heterocycles. The van der Waals surface area contributed by atoms with Crippen molar-refractivity contribution < 1.29 is 5.11 Å². The highest BCUT2D eigenvalue weighted by molar-refractivity contribution is 5.28. The molecule has 4 aliphatic rings. The summed E-state index contributed by atoms with van der Waals surface area (Å²) in [4.78, 5) is 0. The van der Waals surface area contributed by atoms with Gasteiger partial charge in [-0.1, -0.05) is 0 Å². The summed E-state index contributed by atoms with van der Waals surface area (Å²) in [6.45, 7) is 0.347. The molecule has 0 radical (unpaired) electrons. The van der Waals surface area contributed by atoms with Crippen LogP contribution >= 0.6 is 0 Å². The molecule has 0 aromatic rings. The van der Waals surface area contributed by atoms with E-state index in [2.05, 4.69) is 0 Å². The van der Waals surface area contributed by atoms with Crippen molar-refractivity contribution in [3.63, 3.8) is 0 Å². The van der Waals surface area contributed by atoms with E-state index in [0.29, 0.717) is 12.6 Å². The first-order chi connectivity index (χ1) is 4.80. The molecule has 0 aliphatic heterocycles. The van der Waals surface area contributed by atoms with Crippen molar-refractivity contribution in [2.24, 2.45) is 28.9 Å². The van der Waals surface area contributed by atoms with Crippen molar-refractivity contribution in [2.75, 3.05) is 6.61 Å². The van der Waals surface area contributed by atoms with Crippen LogP contribution in [-0.4, -0.2) is 17.8 Å². The lowest BCUT2D eigenvalue weighted by atomic mass is 10.00. The summed E-state index contributed by atoms with van der Waals surface area (Å²) in [5.41, 5.74) is 6.22. The van der Waals surface area contributed by atoms with Crippen LogP contribution in [0.4, 0.5) is 0 Å². The van der Waals surface area contributed by atoms with Crippen LogP contribution in [0.5, 0.6) is 0 Å². The second-order valence-corrected chi connectivity index (χ2v) is 4.24. The third kappa shape index (κ3) is 0.311. The van der Waals surface area contributed by atoms with Crippen LogP contribution in [0.25, 0.3) is 0 Å². The van der Waals surface area contributed by atoms with Crippen LogP contribution in [0.15, 0.2) is 0 Å². The molecule has 3 N–H and O–H groups in total. The average Bonchev–Trinajstić information content (AvgIpc) is 2.39. The van der Waals surface area contributed by atoms with Crippen molar-refractivity contribution in [3.8, 4) is 0 Å². The Labute approximate surface area is 60.4 Å². The molecule has 4 saturated carbocycles. The predicted molar refractivity (Wildman–Crippen MR) is 37.2 cm³/mol. The second-order valence-electron chi connectivity index (χ2n) is 4.24. The van der Waals surface area contributed by atoms with Crippen molar-refractivity contribution in [3.05, 3.63) is 0 Å². The monoisotopic (exact) mass is 139 g/mol. The lowest BCUT2D eigenvalue weighted by Gasteiger charge is -2.15. The third-order valence-corrected chi connectivity index (χ3v) is 4.27. The normalized spacial score (nSPS) is 69.0. The highest BCUT2D eigenvalue weighted by atomic mass is 16.3. The number of rotatable bonds is 1. The van der Waals surface area contributed by atoms with E-state index >= 15 is 0 Å². The van der Waals surface area contributed by atoms with Crippen LogP contribution < -0.4 is 5.73 Å². The third-order valence-electron chi connectivity index (χ3n) is 4.27. The largest absolute Gasteiger partial charge is 0.396 e. The zero-order valence-corrected chi connectivity index (χ0v) is 5.96. The summed E-state index contributed by atoms with van der Waals surface area (Å²) in [6, 6.07) is 0.340. The minimum absolute atomic E-state index is 0.227. The predicted octanol–water partition coefficient (Wildman–Crippen LogP) is -0.0380. The Kier molecular flexibility index (Phi) is 0.710. The van der Waals surface area contributed by atoms with Gasteiger partial charge in [0.1, 0.15) is 0 Å². The van der Waals surface area contributed by atoms with Crippen LogP contribution in [-0.2, 0) is 0 Å². The topological polar surface area (TPSA) is 46.2 Å². The molecule has 4 rings (SSSR count). The van der Waals surface area contributed by atoms with Gasteiger partial charge < -0.3 is 10.8 Å². The molecule has 10 heavy (non-hydrogen) atoms. The maximum atomic E-state index is 9.15. The van der Waals surface area contributed by atoms with Crippen LogP contribution in [0.3, 0.4) is 0 Å². The molecule has 4 aliphatic carbocycles. The van der Waals surface area contributed by atoms with Crippen molar-refractivity contribution in [1.29, 1.82) is 0 Å². The van der Waals surface area contributed by atoms with Gasteiger partial charge in [-0.05, 0) is 30.6 Å². The molecule has 56 valence electrons. The summed E-state index contributed by atoms with van der Waals surface area (Å²) < 4.78 is 0. The van der Waals surface area contributed by atoms with Crippen LogP contribution in [0.2, 0.25) is 0 Å². The lowest BCUT2D eigenvalue weighted by molar-refractivity contribution is 0.189. The van der Waals surface area contributed by atoms with Crippen molar-refractivity contribution in [2.45, 2.75) is 18.9 Å². The Hall–Kier alpha value is -0.0800. The first-order valence-corrected chi connectivity index (χ1v) is 4.17. The minimum Gasteiger partial charge on any atom is -0.396 e. The van der Waals surface area contributed by atoms with Gasteiger partial charge in [0.05, 0.1) is 6.61 Å². The van der Waals surface area contributed by atoms with Gasteiger partial charge in [0.15, 0.2) is 0 Å². The van der Waals surface area contributed by atoms with E-state index in [9.17, 15) is 0 Å². The number of hydrogen-bond acceptors (Lipinski definition) is 2. The van der Waals surface area contributed by atoms with Gasteiger partial charge in [-0.15, -0.1) is 0 Å². The van der Waals surface area contributed by atoms with E-state index in [4.69, 9.17) is 10.8 Å². The second kappa shape index (κ2) is 1.28. The first kappa shape index (κ1) is 5.56. The van der Waals surface area contributed by atoms with Gasteiger partial charge in [0, 0.05) is 11.5 Å². The average molecular weight is 139 g/mol. The van der Waals surface area contributed by atoms with Gasteiger partial charge in [-0.3, -0.25) is 0 Å². The Morgan fingerprint density at radius 2 is 2.00 bits per heavy atom. The zero-order valence-electron chi connectivity index (χ0n) is 5.96. The summed E-state index contributed by atoms with van der Waals surface area (Å²) in [7, 11) is 0. The highest BCUT2D eigenvalue weighted by Crippen LogP contribution is 2.78. The summed E-state index contributed by atoms with van der Waals surface area (Å²) in [5, 5.41) is 9.15. The highest BCUT2D eigenvalue weighted by Gasteiger charge is 2.78. The van der Waals surface area contributed by atoms with Gasteiger partial charge in [0.2, 0.25) is 0 Å². The number of aliphatic hydroxyl groups is 1. The Balaban J connectivity index is 2.04. The number of hydrogen-bond donors (Lipinski definition) is 2. The fourth-order valence-corrected chi connectivity index (χ4v) is 3.71. The maximum Gasteiger partial charge on any atom is 0.0507 e. The standard InChI is InChI=1S/C8H13NO/c9-7-4-1-5-6(2-4)8(5,7)3-10/h4-7,10H,1-3,9H2. The number of nitrogens with two attached hydrogens (primary N) is 1. The summed E-state index contributed by atoms with van der Waals surface area (Å²) in [5.74, 6) is 2.40. The van der Waals surface area contributed by atoms with E-state index in [-0.39, 0.29) is 5.41 Å². The van der Waals surface area contributed by atoms with E-state index in [1.807, 2.05) is 0 Å². The fourth-order valence-electron chi connectivity index (χ4n) is 3.71. The molecule has 0 spiro atoms. The molecule has 0 amide bonds. The smallest absolute Gasteiger partial charge is 0.0507 e. The van der Waals surface area contributed by atoms with Gasteiger partial charge in [-0.2, -0.15) is 0 Å². The van der Waals surface area contributed by atoms with Crippen molar-refractivity contribution in [1.82, 2.24) is 0 Å². The van der Waals surface area contributed by atoms with Crippen LogP contribution in [0.1, 0.15) is 12.8 Å². The Morgan fingerprint density at radius 3 is 2.20 bits per heavy atom. The number of aliphatic hydroxyl groups excluding tert-OH is 1. The summed E-state index contributed by atoms with van der Waals surface area (Å²) in [6.07, 6.45) is 2.62. The van der Waals surface area contributed by atoms with E-state index in [1.165, 1.54) is 12.8 Å². The van der Waals surface area contributed by atoms with Crippen molar-refractivity contribution >= 4 is 0 Å². The molecule has 0 aromatic carbocycles. The molecular weight excluding hydrogens is 126 g/mol. The molecule has 3 unspecified atom stereocenters. The fraction of sp³-hybridized carbons (Fsp3) is 1.00. The van der Waals surface area contributed by atoms with E-state index < -0.39 is 0 Å². The molecule has 2 heteroatoms. The molecule has 0 heterocycles. The molecule has 0 saturated heterocycles. The van der Waals surface area contributed by atoms with E-state index in [0.717, 1.165) is 17.8 Å².